The Labute approximate surface area is 136 Å². The maximum atomic E-state index is 6.11. The molecule has 20 heavy (non-hydrogen) atoms. The highest BCUT2D eigenvalue weighted by molar-refractivity contribution is 9.10. The first kappa shape index (κ1) is 15.6. The number of aryl methyl sites for hydroxylation is 2. The fourth-order valence-electron chi connectivity index (χ4n) is 2.12. The molecule has 1 aromatic heterocycles. The van der Waals surface area contributed by atoms with Crippen LogP contribution in [0, 0.1) is 13.8 Å². The number of nitrogens with zero attached hydrogens (tertiary/aromatic N) is 1. The van der Waals surface area contributed by atoms with E-state index in [-0.39, 0.29) is 6.04 Å². The zero-order valence-electron chi connectivity index (χ0n) is 11.8. The van der Waals surface area contributed by atoms with E-state index in [0.29, 0.717) is 5.02 Å². The summed E-state index contributed by atoms with van der Waals surface area (Å²) in [5.74, 6) is 0.750. The molecule has 3 nitrogen and oxygen atoms in total. The molecular weight excluding hydrogens is 360 g/mol. The van der Waals surface area contributed by atoms with Gasteiger partial charge in [-0.3, -0.25) is 0 Å². The van der Waals surface area contributed by atoms with Crippen LogP contribution in [0.5, 0.6) is 5.75 Å². The van der Waals surface area contributed by atoms with Crippen LogP contribution in [0.15, 0.2) is 16.6 Å². The number of anilines is 1. The highest BCUT2D eigenvalue weighted by Crippen LogP contribution is 2.38. The summed E-state index contributed by atoms with van der Waals surface area (Å²) in [6.07, 6.45) is 0. The third-order valence-corrected chi connectivity index (χ3v) is 4.98. The van der Waals surface area contributed by atoms with Crippen molar-refractivity contribution in [2.75, 3.05) is 12.4 Å². The van der Waals surface area contributed by atoms with Gasteiger partial charge >= 0.3 is 0 Å². The first-order chi connectivity index (χ1) is 9.42. The van der Waals surface area contributed by atoms with E-state index in [0.717, 1.165) is 26.6 Å². The van der Waals surface area contributed by atoms with Gasteiger partial charge in [-0.05, 0) is 48.8 Å². The summed E-state index contributed by atoms with van der Waals surface area (Å²) in [5, 5.41) is 5.18. The Kier molecular flexibility index (Phi) is 4.94. The molecule has 1 aromatic carbocycles. The van der Waals surface area contributed by atoms with Crippen molar-refractivity contribution >= 4 is 44.6 Å². The smallest absolute Gasteiger partial charge is 0.156 e. The molecule has 2 aromatic rings. The molecule has 0 bridgehead atoms. The van der Waals surface area contributed by atoms with Gasteiger partial charge in [-0.2, -0.15) is 0 Å². The lowest BCUT2D eigenvalue weighted by Crippen LogP contribution is -2.07. The van der Waals surface area contributed by atoms with Crippen LogP contribution in [0.4, 0.5) is 5.69 Å². The number of benzene rings is 1. The van der Waals surface area contributed by atoms with Gasteiger partial charge in [-0.25, -0.2) is 4.98 Å². The van der Waals surface area contributed by atoms with E-state index in [2.05, 4.69) is 33.2 Å². The zero-order chi connectivity index (χ0) is 14.9. The summed E-state index contributed by atoms with van der Waals surface area (Å²) in [6, 6.07) is 3.82. The van der Waals surface area contributed by atoms with Crippen molar-refractivity contribution < 1.29 is 4.74 Å². The molecule has 0 aliphatic rings. The van der Waals surface area contributed by atoms with Crippen LogP contribution < -0.4 is 10.1 Å². The van der Waals surface area contributed by atoms with Crippen LogP contribution in [0.25, 0.3) is 0 Å². The molecule has 0 amide bonds. The van der Waals surface area contributed by atoms with Gasteiger partial charge < -0.3 is 10.1 Å². The molecule has 0 radical (unpaired) electrons. The predicted octanol–water partition coefficient (Wildman–Crippen LogP) is 5.36. The number of rotatable bonds is 4. The minimum atomic E-state index is 0.139. The third kappa shape index (κ3) is 3.27. The Morgan fingerprint density at radius 3 is 2.65 bits per heavy atom. The fourth-order valence-corrected chi connectivity index (χ4v) is 4.02. The van der Waals surface area contributed by atoms with Crippen LogP contribution in [0.2, 0.25) is 5.02 Å². The van der Waals surface area contributed by atoms with Crippen LogP contribution in [-0.4, -0.2) is 12.1 Å². The van der Waals surface area contributed by atoms with Gasteiger partial charge in [0.05, 0.1) is 34.0 Å². The Bertz CT molecular complexity index is 630. The second kappa shape index (κ2) is 6.33. The number of aromatic nitrogens is 1. The molecule has 2 rings (SSSR count). The Morgan fingerprint density at radius 2 is 2.10 bits per heavy atom. The quantitative estimate of drug-likeness (QED) is 0.781. The lowest BCUT2D eigenvalue weighted by atomic mass is 10.2. The number of halogens is 2. The molecule has 1 N–H and O–H groups in total. The molecule has 1 atom stereocenters. The standard InChI is InChI=1S/C14H16BrClN2OS/c1-7-14(20-9(3)17-7)8(2)18-12-6-10(16)5-11(15)13(12)19-4/h5-6,8,18H,1-4H3. The molecule has 0 saturated heterocycles. The van der Waals surface area contributed by atoms with Gasteiger partial charge in [0.2, 0.25) is 0 Å². The molecular formula is C14H16BrClN2OS. The second-order valence-electron chi connectivity index (χ2n) is 4.52. The van der Waals surface area contributed by atoms with Gasteiger partial charge in [0.1, 0.15) is 0 Å². The third-order valence-electron chi connectivity index (χ3n) is 2.92. The monoisotopic (exact) mass is 374 g/mol. The molecule has 0 spiro atoms. The van der Waals surface area contributed by atoms with Crippen molar-refractivity contribution in [2.24, 2.45) is 0 Å². The number of ether oxygens (including phenoxy) is 1. The van der Waals surface area contributed by atoms with Gasteiger partial charge in [0.15, 0.2) is 5.75 Å². The van der Waals surface area contributed by atoms with E-state index in [4.69, 9.17) is 16.3 Å². The van der Waals surface area contributed by atoms with Crippen LogP contribution in [-0.2, 0) is 0 Å². The van der Waals surface area contributed by atoms with Crippen molar-refractivity contribution in [3.05, 3.63) is 37.2 Å². The van der Waals surface area contributed by atoms with Crippen LogP contribution >= 0.6 is 38.9 Å². The normalized spacial score (nSPS) is 12.3. The average Bonchev–Trinajstić information content (AvgIpc) is 2.68. The van der Waals surface area contributed by atoms with Gasteiger partial charge in [-0.1, -0.05) is 11.6 Å². The maximum absolute atomic E-state index is 6.11. The Morgan fingerprint density at radius 1 is 1.40 bits per heavy atom. The first-order valence-electron chi connectivity index (χ1n) is 6.16. The molecule has 0 fully saturated rings. The summed E-state index contributed by atoms with van der Waals surface area (Å²) < 4.78 is 6.26. The van der Waals surface area contributed by atoms with Crippen LogP contribution in [0.3, 0.4) is 0 Å². The minimum absolute atomic E-state index is 0.139. The second-order valence-corrected chi connectivity index (χ2v) is 7.04. The summed E-state index contributed by atoms with van der Waals surface area (Å²) in [6.45, 7) is 6.15. The molecule has 6 heteroatoms. The predicted molar refractivity (Wildman–Crippen MR) is 89.3 cm³/mol. The fraction of sp³-hybridized carbons (Fsp3) is 0.357. The SMILES string of the molecule is COc1c(Br)cc(Cl)cc1NC(C)c1sc(C)nc1C. The first-order valence-corrected chi connectivity index (χ1v) is 8.14. The van der Waals surface area contributed by atoms with E-state index in [1.807, 2.05) is 26.0 Å². The zero-order valence-corrected chi connectivity index (χ0v) is 14.9. The topological polar surface area (TPSA) is 34.1 Å². The largest absolute Gasteiger partial charge is 0.493 e. The van der Waals surface area contributed by atoms with Crippen LogP contribution in [0.1, 0.15) is 28.5 Å². The molecule has 108 valence electrons. The van der Waals surface area contributed by atoms with E-state index in [9.17, 15) is 0 Å². The highest BCUT2D eigenvalue weighted by atomic mass is 79.9. The van der Waals surface area contributed by atoms with Gasteiger partial charge in [-0.15, -0.1) is 11.3 Å². The molecule has 0 saturated carbocycles. The number of hydrogen-bond donors (Lipinski definition) is 1. The van der Waals surface area contributed by atoms with Crippen molar-refractivity contribution in [1.29, 1.82) is 0 Å². The number of methoxy groups -OCH3 is 1. The van der Waals surface area contributed by atoms with Gasteiger partial charge in [0, 0.05) is 9.90 Å². The molecule has 0 aliphatic carbocycles. The number of thiazole rings is 1. The number of hydrogen-bond acceptors (Lipinski definition) is 4. The maximum Gasteiger partial charge on any atom is 0.156 e. The minimum Gasteiger partial charge on any atom is -0.493 e. The molecule has 1 unspecified atom stereocenters. The van der Waals surface area contributed by atoms with E-state index < -0.39 is 0 Å². The van der Waals surface area contributed by atoms with Crippen molar-refractivity contribution in [3.63, 3.8) is 0 Å². The molecule has 0 aliphatic heterocycles. The van der Waals surface area contributed by atoms with E-state index in [1.165, 1.54) is 4.88 Å². The van der Waals surface area contributed by atoms with E-state index in [1.54, 1.807) is 18.4 Å². The Hall–Kier alpha value is -0.780. The van der Waals surface area contributed by atoms with Gasteiger partial charge in [0.25, 0.3) is 0 Å². The average molecular weight is 376 g/mol. The summed E-state index contributed by atoms with van der Waals surface area (Å²) in [4.78, 5) is 5.69. The highest BCUT2D eigenvalue weighted by Gasteiger charge is 2.16. The van der Waals surface area contributed by atoms with Crippen molar-refractivity contribution in [1.82, 2.24) is 4.98 Å². The number of nitrogens with one attached hydrogen (secondary N) is 1. The Balaban J connectivity index is 2.32. The lowest BCUT2D eigenvalue weighted by molar-refractivity contribution is 0.413. The molecule has 1 heterocycles. The van der Waals surface area contributed by atoms with E-state index >= 15 is 0 Å². The summed E-state index contributed by atoms with van der Waals surface area (Å²) in [5.41, 5.74) is 1.93. The summed E-state index contributed by atoms with van der Waals surface area (Å²) in [7, 11) is 1.64. The van der Waals surface area contributed by atoms with Crippen molar-refractivity contribution in [3.8, 4) is 5.75 Å². The van der Waals surface area contributed by atoms with Crippen molar-refractivity contribution in [2.45, 2.75) is 26.8 Å². The lowest BCUT2D eigenvalue weighted by Gasteiger charge is -2.18. The summed E-state index contributed by atoms with van der Waals surface area (Å²) >= 11 is 11.3.